The van der Waals surface area contributed by atoms with E-state index in [0.717, 1.165) is 0 Å². The molecule has 5 nitrogen and oxygen atoms in total. The number of benzene rings is 1. The minimum absolute atomic E-state index is 0.213. The maximum absolute atomic E-state index is 13.1. The van der Waals surface area contributed by atoms with E-state index < -0.39 is 17.8 Å². The van der Waals surface area contributed by atoms with Gasteiger partial charge in [0.15, 0.2) is 0 Å². The van der Waals surface area contributed by atoms with Crippen LogP contribution in [0.2, 0.25) is 0 Å². The minimum Gasteiger partial charge on any atom is -0.322 e. The molecule has 0 saturated carbocycles. The van der Waals surface area contributed by atoms with E-state index in [1.165, 1.54) is 17.0 Å². The quantitative estimate of drug-likeness (QED) is 0.808. The molecule has 1 aromatic rings. The van der Waals surface area contributed by atoms with Crippen LogP contribution in [-0.4, -0.2) is 28.7 Å². The number of hydrogen-bond acceptors (Lipinski definition) is 3. The monoisotopic (exact) mass is 322 g/mol. The van der Waals surface area contributed by atoms with Crippen molar-refractivity contribution in [2.75, 3.05) is 0 Å². The molecule has 6 heteroatoms. The van der Waals surface area contributed by atoms with Crippen molar-refractivity contribution in [2.24, 2.45) is 0 Å². The number of rotatable bonds is 1. The highest BCUT2D eigenvalue weighted by molar-refractivity contribution is 6.05. The Morgan fingerprint density at radius 3 is 2.39 bits per heavy atom. The summed E-state index contributed by atoms with van der Waals surface area (Å²) in [5.41, 5.74) is 1.00. The molecule has 3 rings (SSSR count). The Morgan fingerprint density at radius 2 is 1.78 bits per heavy atom. The van der Waals surface area contributed by atoms with Gasteiger partial charge in [-0.3, -0.25) is 19.7 Å². The highest BCUT2D eigenvalue weighted by Crippen LogP contribution is 2.27. The summed E-state index contributed by atoms with van der Waals surface area (Å²) in [5, 5.41) is 2.22. The molecule has 1 fully saturated rings. The smallest absolute Gasteiger partial charge is 0.255 e. The van der Waals surface area contributed by atoms with E-state index in [9.17, 15) is 18.8 Å². The Labute approximate surface area is 135 Å². The molecule has 0 spiro atoms. The van der Waals surface area contributed by atoms with Gasteiger partial charge in [-0.1, -0.05) is 33.8 Å². The number of carbonyl (C=O) groups excluding carboxylic acids is 3. The highest BCUT2D eigenvalue weighted by Gasteiger charge is 2.39. The lowest BCUT2D eigenvalue weighted by molar-refractivity contribution is -0.136. The van der Waals surface area contributed by atoms with Gasteiger partial charge in [0, 0.05) is 18.5 Å². The number of nitrogens with one attached hydrogen (secondary N) is 1. The molecule has 0 bridgehead atoms. The summed E-state index contributed by atoms with van der Waals surface area (Å²) in [4.78, 5) is 36.4. The number of halogens is 1. The second-order valence-electron chi connectivity index (χ2n) is 4.70. The average molecular weight is 322 g/mol. The molecule has 1 N–H and O–H groups in total. The Bertz CT molecular complexity index is 602. The van der Waals surface area contributed by atoms with Crippen molar-refractivity contribution in [3.05, 3.63) is 35.1 Å². The first-order chi connectivity index (χ1) is 11.1. The van der Waals surface area contributed by atoms with E-state index in [1.54, 1.807) is 6.07 Å². The van der Waals surface area contributed by atoms with Crippen molar-refractivity contribution in [3.63, 3.8) is 0 Å². The van der Waals surface area contributed by atoms with Crippen molar-refractivity contribution in [1.82, 2.24) is 10.2 Å². The third-order valence-electron chi connectivity index (χ3n) is 3.49. The lowest BCUT2D eigenvalue weighted by Crippen LogP contribution is -2.52. The predicted molar refractivity (Wildman–Crippen MR) is 85.1 cm³/mol. The molecular weight excluding hydrogens is 299 g/mol. The van der Waals surface area contributed by atoms with Crippen molar-refractivity contribution in [1.29, 1.82) is 0 Å². The van der Waals surface area contributed by atoms with Gasteiger partial charge in [-0.15, -0.1) is 0 Å². The third-order valence-corrected chi connectivity index (χ3v) is 3.49. The standard InChI is InChI=1S/C13H11FN2O3.2C2H6/c14-8-2-1-7-6-16(13(19)9(7)5-8)10-3-4-11(17)15-12(10)18;2*1-2/h1-2,5,10H,3-4,6H2,(H,15,17,18);2*1-2H3. The fraction of sp³-hybridized carbons (Fsp3) is 0.471. The maximum Gasteiger partial charge on any atom is 0.255 e. The van der Waals surface area contributed by atoms with Crippen LogP contribution in [0.4, 0.5) is 4.39 Å². The summed E-state index contributed by atoms with van der Waals surface area (Å²) in [5.74, 6) is -1.62. The van der Waals surface area contributed by atoms with Crippen molar-refractivity contribution >= 4 is 17.7 Å². The molecule has 1 unspecified atom stereocenters. The summed E-state index contributed by atoms with van der Waals surface area (Å²) in [6.45, 7) is 8.28. The molecule has 2 heterocycles. The van der Waals surface area contributed by atoms with E-state index >= 15 is 0 Å². The number of fused-ring (bicyclic) bond motifs is 1. The Balaban J connectivity index is 0.000000615. The van der Waals surface area contributed by atoms with Crippen LogP contribution in [0.3, 0.4) is 0 Å². The number of carbonyl (C=O) groups is 3. The van der Waals surface area contributed by atoms with Crippen LogP contribution in [0.1, 0.15) is 56.5 Å². The molecule has 0 aliphatic carbocycles. The average Bonchev–Trinajstić information content (AvgIpc) is 2.88. The normalized spacial score (nSPS) is 19.1. The molecule has 3 amide bonds. The van der Waals surface area contributed by atoms with Crippen LogP contribution in [-0.2, 0) is 16.1 Å². The Kier molecular flexibility index (Phi) is 6.88. The second-order valence-corrected chi connectivity index (χ2v) is 4.70. The van der Waals surface area contributed by atoms with Gasteiger partial charge in [-0.25, -0.2) is 4.39 Å². The van der Waals surface area contributed by atoms with Crippen LogP contribution >= 0.6 is 0 Å². The van der Waals surface area contributed by atoms with Gasteiger partial charge < -0.3 is 4.90 Å². The molecule has 0 radical (unpaired) electrons. The molecule has 2 aliphatic rings. The topological polar surface area (TPSA) is 66.5 Å². The highest BCUT2D eigenvalue weighted by atomic mass is 19.1. The fourth-order valence-electron chi connectivity index (χ4n) is 2.53. The van der Waals surface area contributed by atoms with Crippen molar-refractivity contribution in [2.45, 2.75) is 53.1 Å². The van der Waals surface area contributed by atoms with E-state index in [-0.39, 0.29) is 24.8 Å². The molecular formula is C17H23FN2O3. The number of hydrogen-bond donors (Lipinski definition) is 1. The Hall–Kier alpha value is -2.24. The zero-order chi connectivity index (χ0) is 17.6. The molecule has 0 aromatic heterocycles. The van der Waals surface area contributed by atoms with Crippen molar-refractivity contribution in [3.8, 4) is 0 Å². The molecule has 2 aliphatic heterocycles. The van der Waals surface area contributed by atoms with Crippen molar-refractivity contribution < 1.29 is 18.8 Å². The zero-order valence-electron chi connectivity index (χ0n) is 14.0. The van der Waals surface area contributed by atoms with Gasteiger partial charge in [0.2, 0.25) is 11.8 Å². The maximum atomic E-state index is 13.1. The first-order valence-electron chi connectivity index (χ1n) is 7.99. The zero-order valence-corrected chi connectivity index (χ0v) is 14.0. The van der Waals surface area contributed by atoms with E-state index in [0.29, 0.717) is 17.5 Å². The molecule has 1 aromatic carbocycles. The Morgan fingerprint density at radius 1 is 1.13 bits per heavy atom. The summed E-state index contributed by atoms with van der Waals surface area (Å²) >= 11 is 0. The van der Waals surface area contributed by atoms with Gasteiger partial charge in [0.25, 0.3) is 5.91 Å². The van der Waals surface area contributed by atoms with Crippen LogP contribution in [0.5, 0.6) is 0 Å². The summed E-state index contributed by atoms with van der Waals surface area (Å²) in [6.07, 6.45) is 0.526. The number of amides is 3. The molecule has 126 valence electrons. The lowest BCUT2D eigenvalue weighted by Gasteiger charge is -2.29. The number of imide groups is 1. The van der Waals surface area contributed by atoms with Gasteiger partial charge in [0.05, 0.1) is 0 Å². The van der Waals surface area contributed by atoms with Gasteiger partial charge in [-0.05, 0) is 24.1 Å². The van der Waals surface area contributed by atoms with Crippen LogP contribution in [0.25, 0.3) is 0 Å². The summed E-state index contributed by atoms with van der Waals surface area (Å²) < 4.78 is 13.1. The van der Waals surface area contributed by atoms with Gasteiger partial charge in [-0.2, -0.15) is 0 Å². The first kappa shape index (κ1) is 18.8. The van der Waals surface area contributed by atoms with Gasteiger partial charge in [0.1, 0.15) is 11.9 Å². The van der Waals surface area contributed by atoms with E-state index in [1.807, 2.05) is 27.7 Å². The molecule has 1 atom stereocenters. The number of nitrogens with zero attached hydrogens (tertiary/aromatic N) is 1. The third kappa shape index (κ3) is 3.94. The lowest BCUT2D eigenvalue weighted by atomic mass is 10.0. The predicted octanol–water partition coefficient (Wildman–Crippen LogP) is 2.64. The van der Waals surface area contributed by atoms with Crippen LogP contribution < -0.4 is 5.32 Å². The second kappa shape index (κ2) is 8.41. The largest absolute Gasteiger partial charge is 0.322 e. The SMILES string of the molecule is CC.CC.O=C1CCC(N2Cc3ccc(F)cc3C2=O)C(=O)N1. The van der Waals surface area contributed by atoms with E-state index in [4.69, 9.17) is 0 Å². The molecule has 1 saturated heterocycles. The van der Waals surface area contributed by atoms with Gasteiger partial charge >= 0.3 is 0 Å². The first-order valence-corrected chi connectivity index (χ1v) is 7.99. The minimum atomic E-state index is -0.652. The van der Waals surface area contributed by atoms with Crippen LogP contribution in [0, 0.1) is 5.82 Å². The summed E-state index contributed by atoms with van der Waals surface area (Å²) in [7, 11) is 0. The molecule has 23 heavy (non-hydrogen) atoms. The fourth-order valence-corrected chi connectivity index (χ4v) is 2.53. The van der Waals surface area contributed by atoms with E-state index in [2.05, 4.69) is 5.32 Å². The van der Waals surface area contributed by atoms with Crippen LogP contribution in [0.15, 0.2) is 18.2 Å². The number of piperidine rings is 1. The summed E-state index contributed by atoms with van der Waals surface area (Å²) in [6, 6.07) is 3.37.